The van der Waals surface area contributed by atoms with Crippen LogP contribution in [0.3, 0.4) is 0 Å². The van der Waals surface area contributed by atoms with Gasteiger partial charge in [-0.1, -0.05) is 26.2 Å². The van der Waals surface area contributed by atoms with E-state index in [-0.39, 0.29) is 4.88 Å². The summed E-state index contributed by atoms with van der Waals surface area (Å²) >= 11 is 0.956. The number of halogens is 3. The van der Waals surface area contributed by atoms with Crippen LogP contribution in [0, 0.1) is 0 Å². The predicted molar refractivity (Wildman–Crippen MR) is 62.6 cm³/mol. The van der Waals surface area contributed by atoms with E-state index in [1.807, 2.05) is 0 Å². The van der Waals surface area contributed by atoms with Crippen molar-refractivity contribution in [2.75, 3.05) is 0 Å². The molecule has 0 aromatic carbocycles. The highest BCUT2D eigenvalue weighted by molar-refractivity contribution is 7.14. The molecule has 0 atom stereocenters. The van der Waals surface area contributed by atoms with E-state index in [2.05, 4.69) is 6.92 Å². The third-order valence-corrected chi connectivity index (χ3v) is 3.56. The van der Waals surface area contributed by atoms with Crippen LogP contribution in [0.1, 0.15) is 47.2 Å². The first-order chi connectivity index (χ1) is 7.95. The zero-order valence-corrected chi connectivity index (χ0v) is 10.5. The molecule has 0 unspecified atom stereocenters. The molecule has 1 aromatic rings. The highest BCUT2D eigenvalue weighted by Crippen LogP contribution is 2.27. The monoisotopic (exact) mass is 264 g/mol. The highest BCUT2D eigenvalue weighted by Gasteiger charge is 2.40. The standard InChI is InChI=1S/C12H15F3OS/c1-2-3-4-5-6-9-7-8-10(17-9)11(16)12(13,14)15/h7-8H,2-6H2,1H3. The van der Waals surface area contributed by atoms with Gasteiger partial charge in [-0.15, -0.1) is 11.3 Å². The van der Waals surface area contributed by atoms with E-state index in [9.17, 15) is 18.0 Å². The topological polar surface area (TPSA) is 17.1 Å². The number of ketones is 1. The number of aryl methyl sites for hydroxylation is 1. The van der Waals surface area contributed by atoms with Gasteiger partial charge in [-0.3, -0.25) is 4.79 Å². The minimum Gasteiger partial charge on any atom is -0.283 e. The molecule has 17 heavy (non-hydrogen) atoms. The van der Waals surface area contributed by atoms with Crippen molar-refractivity contribution in [3.8, 4) is 0 Å². The minimum absolute atomic E-state index is 0.206. The molecule has 0 aliphatic carbocycles. The number of thiophene rings is 1. The molecule has 0 aliphatic rings. The van der Waals surface area contributed by atoms with Gasteiger partial charge in [0.2, 0.25) is 0 Å². The van der Waals surface area contributed by atoms with Crippen molar-refractivity contribution in [1.29, 1.82) is 0 Å². The van der Waals surface area contributed by atoms with Gasteiger partial charge in [0, 0.05) is 4.88 Å². The molecule has 1 aromatic heterocycles. The van der Waals surface area contributed by atoms with Crippen LogP contribution in [-0.4, -0.2) is 12.0 Å². The summed E-state index contributed by atoms with van der Waals surface area (Å²) in [6.07, 6.45) is 0.313. The maximum absolute atomic E-state index is 12.2. The van der Waals surface area contributed by atoms with E-state index in [0.717, 1.165) is 48.3 Å². The number of rotatable bonds is 6. The molecule has 0 bridgehead atoms. The lowest BCUT2D eigenvalue weighted by Crippen LogP contribution is -2.21. The molecule has 0 N–H and O–H groups in total. The molecule has 0 saturated carbocycles. The second-order valence-electron chi connectivity index (χ2n) is 3.90. The van der Waals surface area contributed by atoms with Crippen molar-refractivity contribution in [3.05, 3.63) is 21.9 Å². The maximum atomic E-state index is 12.2. The summed E-state index contributed by atoms with van der Waals surface area (Å²) < 4.78 is 36.5. The van der Waals surface area contributed by atoms with Crippen LogP contribution in [0.2, 0.25) is 0 Å². The first-order valence-corrected chi connectivity index (χ1v) is 6.47. The van der Waals surface area contributed by atoms with Crippen molar-refractivity contribution in [3.63, 3.8) is 0 Å². The normalized spacial score (nSPS) is 11.8. The number of Topliss-reactive ketones (excluding diaryl/α,β-unsaturated/α-hetero) is 1. The van der Waals surface area contributed by atoms with Gasteiger partial charge in [0.1, 0.15) is 0 Å². The third-order valence-electron chi connectivity index (χ3n) is 2.42. The Morgan fingerprint density at radius 3 is 2.53 bits per heavy atom. The fourth-order valence-corrected chi connectivity index (χ4v) is 2.51. The lowest BCUT2D eigenvalue weighted by molar-refractivity contribution is -0.0882. The Morgan fingerprint density at radius 1 is 1.24 bits per heavy atom. The Hall–Kier alpha value is -0.840. The van der Waals surface area contributed by atoms with Gasteiger partial charge < -0.3 is 0 Å². The van der Waals surface area contributed by atoms with E-state index in [0.29, 0.717) is 0 Å². The smallest absolute Gasteiger partial charge is 0.283 e. The van der Waals surface area contributed by atoms with E-state index in [1.165, 1.54) is 6.07 Å². The van der Waals surface area contributed by atoms with Crippen LogP contribution >= 0.6 is 11.3 Å². The van der Waals surface area contributed by atoms with Crippen molar-refractivity contribution >= 4 is 17.1 Å². The minimum atomic E-state index is -4.76. The van der Waals surface area contributed by atoms with Crippen LogP contribution in [0.25, 0.3) is 0 Å². The first kappa shape index (κ1) is 14.2. The Balaban J connectivity index is 2.51. The summed E-state index contributed by atoms with van der Waals surface area (Å²) in [5.41, 5.74) is 0. The van der Waals surface area contributed by atoms with Crippen LogP contribution in [0.4, 0.5) is 13.2 Å². The number of alkyl halides is 3. The van der Waals surface area contributed by atoms with Gasteiger partial charge in [0.15, 0.2) is 0 Å². The number of carbonyl (C=O) groups excluding carboxylic acids is 1. The van der Waals surface area contributed by atoms with Gasteiger partial charge >= 0.3 is 6.18 Å². The summed E-state index contributed by atoms with van der Waals surface area (Å²) in [4.78, 5) is 11.6. The Bertz CT molecular complexity index is 368. The molecule has 1 heterocycles. The maximum Gasteiger partial charge on any atom is 0.455 e. The van der Waals surface area contributed by atoms with Gasteiger partial charge in [-0.25, -0.2) is 0 Å². The first-order valence-electron chi connectivity index (χ1n) is 5.65. The van der Waals surface area contributed by atoms with Crippen molar-refractivity contribution in [2.45, 2.75) is 45.2 Å². The molecule has 0 saturated heterocycles. The van der Waals surface area contributed by atoms with E-state index in [1.54, 1.807) is 6.07 Å². The summed E-state index contributed by atoms with van der Waals surface area (Å²) in [5, 5.41) is 0. The molecular formula is C12H15F3OS. The molecule has 5 heteroatoms. The van der Waals surface area contributed by atoms with Crippen LogP contribution in [0.5, 0.6) is 0 Å². The summed E-state index contributed by atoms with van der Waals surface area (Å²) in [7, 11) is 0. The predicted octanol–water partition coefficient (Wildman–Crippen LogP) is 4.62. The zero-order valence-electron chi connectivity index (χ0n) is 9.64. The van der Waals surface area contributed by atoms with Gasteiger partial charge in [0.25, 0.3) is 5.78 Å². The molecule has 1 rings (SSSR count). The van der Waals surface area contributed by atoms with Crippen LogP contribution in [-0.2, 0) is 6.42 Å². The van der Waals surface area contributed by atoms with Crippen molar-refractivity contribution in [1.82, 2.24) is 0 Å². The fraction of sp³-hybridized carbons (Fsp3) is 0.583. The van der Waals surface area contributed by atoms with E-state index < -0.39 is 12.0 Å². The van der Waals surface area contributed by atoms with Gasteiger partial charge in [-0.2, -0.15) is 13.2 Å². The van der Waals surface area contributed by atoms with Crippen LogP contribution < -0.4 is 0 Å². The van der Waals surface area contributed by atoms with Crippen molar-refractivity contribution < 1.29 is 18.0 Å². The fourth-order valence-electron chi connectivity index (χ4n) is 1.50. The summed E-state index contributed by atoms with van der Waals surface area (Å²) in [6.45, 7) is 2.10. The molecule has 96 valence electrons. The second kappa shape index (κ2) is 6.19. The van der Waals surface area contributed by atoms with Gasteiger partial charge in [-0.05, 0) is 25.0 Å². The number of hydrogen-bond acceptors (Lipinski definition) is 2. The SMILES string of the molecule is CCCCCCc1ccc(C(=O)C(F)(F)F)s1. The van der Waals surface area contributed by atoms with E-state index >= 15 is 0 Å². The Morgan fingerprint density at radius 2 is 1.94 bits per heavy atom. The Kier molecular flexibility index (Phi) is 5.18. The third kappa shape index (κ3) is 4.50. The number of unbranched alkanes of at least 4 members (excludes halogenated alkanes) is 3. The Labute approximate surface area is 103 Å². The molecule has 0 amide bonds. The molecule has 0 spiro atoms. The zero-order chi connectivity index (χ0) is 12.9. The largest absolute Gasteiger partial charge is 0.455 e. The molecular weight excluding hydrogens is 249 g/mol. The second-order valence-corrected chi connectivity index (χ2v) is 5.07. The highest BCUT2D eigenvalue weighted by atomic mass is 32.1. The number of hydrogen-bond donors (Lipinski definition) is 0. The van der Waals surface area contributed by atoms with E-state index in [4.69, 9.17) is 0 Å². The lowest BCUT2D eigenvalue weighted by atomic mass is 10.1. The molecule has 0 aliphatic heterocycles. The quantitative estimate of drug-likeness (QED) is 0.541. The molecule has 0 fully saturated rings. The summed E-state index contributed by atoms with van der Waals surface area (Å²) in [6, 6.07) is 2.89. The molecule has 1 nitrogen and oxygen atoms in total. The summed E-state index contributed by atoms with van der Waals surface area (Å²) in [5.74, 6) is -1.73. The lowest BCUT2D eigenvalue weighted by Gasteiger charge is -2.01. The van der Waals surface area contributed by atoms with Crippen LogP contribution in [0.15, 0.2) is 12.1 Å². The molecule has 0 radical (unpaired) electrons. The van der Waals surface area contributed by atoms with Gasteiger partial charge in [0.05, 0.1) is 4.88 Å². The average Bonchev–Trinajstić information content (AvgIpc) is 2.70. The number of carbonyl (C=O) groups is 1. The average molecular weight is 264 g/mol. The van der Waals surface area contributed by atoms with Crippen molar-refractivity contribution in [2.24, 2.45) is 0 Å².